The molecule has 1 N–H and O–H groups in total. The van der Waals surface area contributed by atoms with Crippen LogP contribution < -0.4 is 0 Å². The van der Waals surface area contributed by atoms with E-state index in [1.165, 1.54) is 27.8 Å². The van der Waals surface area contributed by atoms with Gasteiger partial charge in [-0.25, -0.2) is 0 Å². The zero-order valence-electron chi connectivity index (χ0n) is 9.85. The Hall–Kier alpha value is -2.35. The van der Waals surface area contributed by atoms with Gasteiger partial charge in [0.05, 0.1) is 5.69 Å². The topological polar surface area (TPSA) is 28.7 Å². The molecule has 0 saturated carbocycles. The molecule has 1 aliphatic carbocycles. The number of aromatic nitrogens is 2. The number of fused-ring (bicyclic) bond motifs is 3. The summed E-state index contributed by atoms with van der Waals surface area (Å²) in [7, 11) is 0. The summed E-state index contributed by atoms with van der Waals surface area (Å²) in [5.41, 5.74) is 7.86. The lowest BCUT2D eigenvalue weighted by molar-refractivity contribution is 1.09. The van der Waals surface area contributed by atoms with Gasteiger partial charge in [-0.2, -0.15) is 5.10 Å². The first-order valence-electron chi connectivity index (χ1n) is 6.13. The van der Waals surface area contributed by atoms with Crippen molar-refractivity contribution in [2.75, 3.05) is 0 Å². The Morgan fingerprint density at radius 3 is 2.67 bits per heavy atom. The van der Waals surface area contributed by atoms with Crippen LogP contribution in [0.4, 0.5) is 0 Å². The monoisotopic (exact) mass is 232 g/mol. The zero-order chi connectivity index (χ0) is 11.9. The summed E-state index contributed by atoms with van der Waals surface area (Å²) in [6.45, 7) is 0. The van der Waals surface area contributed by atoms with Crippen molar-refractivity contribution in [1.29, 1.82) is 0 Å². The summed E-state index contributed by atoms with van der Waals surface area (Å²) < 4.78 is 0. The minimum atomic E-state index is 1.04. The molecule has 1 aliphatic rings. The van der Waals surface area contributed by atoms with Gasteiger partial charge in [0, 0.05) is 6.20 Å². The van der Waals surface area contributed by atoms with Gasteiger partial charge in [0.15, 0.2) is 0 Å². The Bertz CT molecular complexity index is 712. The third-order valence-electron chi connectivity index (χ3n) is 3.61. The lowest BCUT2D eigenvalue weighted by atomic mass is 10.0. The van der Waals surface area contributed by atoms with Crippen LogP contribution in [-0.4, -0.2) is 10.2 Å². The van der Waals surface area contributed by atoms with E-state index in [0.29, 0.717) is 0 Å². The highest BCUT2D eigenvalue weighted by Crippen LogP contribution is 2.37. The Morgan fingerprint density at radius 2 is 1.78 bits per heavy atom. The van der Waals surface area contributed by atoms with Crippen LogP contribution in [0.3, 0.4) is 0 Å². The van der Waals surface area contributed by atoms with E-state index in [0.717, 1.165) is 12.1 Å². The summed E-state index contributed by atoms with van der Waals surface area (Å²) in [6.07, 6.45) is 2.82. The van der Waals surface area contributed by atoms with Crippen LogP contribution in [0.2, 0.25) is 0 Å². The van der Waals surface area contributed by atoms with Crippen molar-refractivity contribution in [2.45, 2.75) is 6.42 Å². The molecule has 1 heterocycles. The van der Waals surface area contributed by atoms with Gasteiger partial charge >= 0.3 is 0 Å². The lowest BCUT2D eigenvalue weighted by Gasteiger charge is -2.03. The fraction of sp³-hybridized carbons (Fsp3) is 0.0625. The molecule has 0 unspecified atom stereocenters. The SMILES string of the molecule is c1ccc2c(c1)Cc1cc(-c3ccn[nH]3)ccc1-2. The average molecular weight is 232 g/mol. The fourth-order valence-electron chi connectivity index (χ4n) is 2.73. The number of benzene rings is 2. The van der Waals surface area contributed by atoms with Gasteiger partial charge in [-0.05, 0) is 46.4 Å². The van der Waals surface area contributed by atoms with Gasteiger partial charge in [0.25, 0.3) is 0 Å². The smallest absolute Gasteiger partial charge is 0.0650 e. The van der Waals surface area contributed by atoms with E-state index in [1.807, 2.05) is 6.07 Å². The van der Waals surface area contributed by atoms with E-state index in [9.17, 15) is 0 Å². The summed E-state index contributed by atoms with van der Waals surface area (Å²) in [5, 5.41) is 7.02. The number of hydrogen-bond acceptors (Lipinski definition) is 1. The zero-order valence-corrected chi connectivity index (χ0v) is 9.85. The van der Waals surface area contributed by atoms with E-state index < -0.39 is 0 Å². The maximum Gasteiger partial charge on any atom is 0.0650 e. The van der Waals surface area contributed by atoms with Crippen LogP contribution in [0, 0.1) is 0 Å². The second-order valence-electron chi connectivity index (χ2n) is 4.68. The first-order valence-corrected chi connectivity index (χ1v) is 6.13. The largest absolute Gasteiger partial charge is 0.278 e. The van der Waals surface area contributed by atoms with Crippen molar-refractivity contribution in [3.8, 4) is 22.4 Å². The summed E-state index contributed by atoms with van der Waals surface area (Å²) in [6, 6.07) is 17.3. The second-order valence-corrected chi connectivity index (χ2v) is 4.68. The van der Waals surface area contributed by atoms with Crippen molar-refractivity contribution in [1.82, 2.24) is 10.2 Å². The third kappa shape index (κ3) is 1.32. The standard InChI is InChI=1S/C16H12N2/c1-2-4-14-11(3-1)9-13-10-12(5-6-15(13)14)16-7-8-17-18-16/h1-8,10H,9H2,(H,17,18). The van der Waals surface area contributed by atoms with Crippen LogP contribution in [0.1, 0.15) is 11.1 Å². The molecule has 2 nitrogen and oxygen atoms in total. The van der Waals surface area contributed by atoms with Crippen molar-refractivity contribution in [2.24, 2.45) is 0 Å². The molecule has 86 valence electrons. The normalized spacial score (nSPS) is 12.2. The van der Waals surface area contributed by atoms with Crippen molar-refractivity contribution in [3.05, 3.63) is 65.9 Å². The van der Waals surface area contributed by atoms with Crippen LogP contribution in [-0.2, 0) is 6.42 Å². The number of nitrogens with one attached hydrogen (secondary N) is 1. The fourth-order valence-corrected chi connectivity index (χ4v) is 2.73. The van der Waals surface area contributed by atoms with Crippen LogP contribution in [0.5, 0.6) is 0 Å². The minimum Gasteiger partial charge on any atom is -0.278 e. The molecular formula is C16H12N2. The molecule has 0 spiro atoms. The van der Waals surface area contributed by atoms with E-state index in [1.54, 1.807) is 6.20 Å². The predicted octanol–water partition coefficient (Wildman–Crippen LogP) is 3.65. The molecule has 1 aromatic heterocycles. The van der Waals surface area contributed by atoms with Crippen molar-refractivity contribution in [3.63, 3.8) is 0 Å². The van der Waals surface area contributed by atoms with Gasteiger partial charge in [-0.15, -0.1) is 0 Å². The summed E-state index contributed by atoms with van der Waals surface area (Å²) in [4.78, 5) is 0. The maximum absolute atomic E-state index is 4.01. The molecule has 0 amide bonds. The van der Waals surface area contributed by atoms with E-state index >= 15 is 0 Å². The molecule has 0 bridgehead atoms. The van der Waals surface area contributed by atoms with Crippen LogP contribution in [0.25, 0.3) is 22.4 Å². The lowest BCUT2D eigenvalue weighted by Crippen LogP contribution is -1.83. The Morgan fingerprint density at radius 1 is 0.889 bits per heavy atom. The van der Waals surface area contributed by atoms with E-state index in [4.69, 9.17) is 0 Å². The van der Waals surface area contributed by atoms with Gasteiger partial charge < -0.3 is 0 Å². The first-order chi connectivity index (χ1) is 8.92. The molecule has 0 saturated heterocycles. The molecule has 2 aromatic carbocycles. The first kappa shape index (κ1) is 9.66. The van der Waals surface area contributed by atoms with Gasteiger partial charge in [0.1, 0.15) is 0 Å². The molecular weight excluding hydrogens is 220 g/mol. The molecule has 2 heteroatoms. The number of nitrogens with zero attached hydrogens (tertiary/aromatic N) is 1. The number of rotatable bonds is 1. The predicted molar refractivity (Wildman–Crippen MR) is 72.3 cm³/mol. The van der Waals surface area contributed by atoms with Gasteiger partial charge in [-0.3, -0.25) is 5.10 Å². The quantitative estimate of drug-likeness (QED) is 0.533. The Kier molecular flexibility index (Phi) is 1.92. The third-order valence-corrected chi connectivity index (χ3v) is 3.61. The van der Waals surface area contributed by atoms with E-state index in [-0.39, 0.29) is 0 Å². The molecule has 0 atom stereocenters. The van der Waals surface area contributed by atoms with Gasteiger partial charge in [0.2, 0.25) is 0 Å². The second kappa shape index (κ2) is 3.57. The van der Waals surface area contributed by atoms with Crippen molar-refractivity contribution < 1.29 is 0 Å². The van der Waals surface area contributed by atoms with Crippen molar-refractivity contribution >= 4 is 0 Å². The van der Waals surface area contributed by atoms with Crippen LogP contribution >= 0.6 is 0 Å². The Labute approximate surface area is 105 Å². The Balaban J connectivity index is 1.87. The highest BCUT2D eigenvalue weighted by atomic mass is 15.1. The number of aromatic amines is 1. The molecule has 0 aliphatic heterocycles. The van der Waals surface area contributed by atoms with Crippen LogP contribution in [0.15, 0.2) is 54.7 Å². The summed E-state index contributed by atoms with van der Waals surface area (Å²) >= 11 is 0. The number of H-pyrrole nitrogens is 1. The molecule has 0 fully saturated rings. The molecule has 0 radical (unpaired) electrons. The molecule has 3 aromatic rings. The van der Waals surface area contributed by atoms with Gasteiger partial charge in [-0.1, -0.05) is 36.4 Å². The maximum atomic E-state index is 4.01. The van der Waals surface area contributed by atoms with E-state index in [2.05, 4.69) is 52.7 Å². The highest BCUT2D eigenvalue weighted by molar-refractivity contribution is 5.79. The average Bonchev–Trinajstić information content (AvgIpc) is 3.05. The minimum absolute atomic E-state index is 1.04. The highest BCUT2D eigenvalue weighted by Gasteiger charge is 2.18. The molecule has 18 heavy (non-hydrogen) atoms. The number of hydrogen-bond donors (Lipinski definition) is 1. The molecule has 4 rings (SSSR count). The summed E-state index contributed by atoms with van der Waals surface area (Å²) in [5.74, 6) is 0.